The summed E-state index contributed by atoms with van der Waals surface area (Å²) in [6.07, 6.45) is 1.76. The zero-order valence-corrected chi connectivity index (χ0v) is 20.6. The number of carbonyl (C=O) groups excluding carboxylic acids is 1. The molecule has 1 heterocycles. The maximum Gasteiger partial charge on any atom is 0.252 e. The summed E-state index contributed by atoms with van der Waals surface area (Å²) in [5, 5.41) is 2.93. The highest BCUT2D eigenvalue weighted by atomic mass is 32.2. The van der Waals surface area contributed by atoms with Gasteiger partial charge >= 0.3 is 0 Å². The van der Waals surface area contributed by atoms with Crippen LogP contribution in [0.3, 0.4) is 0 Å². The molecule has 0 spiro atoms. The van der Waals surface area contributed by atoms with Crippen molar-refractivity contribution >= 4 is 27.7 Å². The molecule has 0 aliphatic carbocycles. The van der Waals surface area contributed by atoms with Crippen LogP contribution in [-0.4, -0.2) is 37.8 Å². The molecule has 32 heavy (non-hydrogen) atoms. The van der Waals surface area contributed by atoms with E-state index in [4.69, 9.17) is 0 Å². The quantitative estimate of drug-likeness (QED) is 0.596. The smallest absolute Gasteiger partial charge is 0.252 e. The summed E-state index contributed by atoms with van der Waals surface area (Å²) in [4.78, 5) is 14.6. The second-order valence-electron chi connectivity index (χ2n) is 8.76. The molecule has 3 atom stereocenters. The van der Waals surface area contributed by atoms with Gasteiger partial charge in [-0.3, -0.25) is 4.79 Å². The minimum absolute atomic E-state index is 0.0461. The van der Waals surface area contributed by atoms with Gasteiger partial charge in [-0.25, -0.2) is 12.8 Å². The first kappa shape index (κ1) is 24.7. The molecule has 174 valence electrons. The molecule has 0 bridgehead atoms. The Morgan fingerprint density at radius 2 is 1.78 bits per heavy atom. The molecule has 1 aliphatic rings. The van der Waals surface area contributed by atoms with Crippen LogP contribution in [0.2, 0.25) is 0 Å². The fraction of sp³-hybridized carbons (Fsp3) is 0.458. The molecule has 2 aromatic rings. The first-order valence-corrected chi connectivity index (χ1v) is 13.2. The summed E-state index contributed by atoms with van der Waals surface area (Å²) < 4.78 is 41.6. The Morgan fingerprint density at radius 1 is 1.16 bits per heavy atom. The van der Waals surface area contributed by atoms with Crippen LogP contribution in [0.4, 0.5) is 4.39 Å². The standard InChI is InChI=1S/C24H31FN2O3S2/c1-5-18(4)26-24(28)22-13-21(32(29,30)27-14-16(2)12-17(3)15-27)10-11-23(22)31-20-8-6-19(25)7-9-20/h6-11,13,16-18H,5,12,14-15H2,1-4H3,(H,26,28). The van der Waals surface area contributed by atoms with E-state index in [-0.39, 0.29) is 34.5 Å². The summed E-state index contributed by atoms with van der Waals surface area (Å²) in [6, 6.07) is 10.7. The Hall–Kier alpha value is -1.90. The minimum atomic E-state index is -3.72. The molecule has 1 fully saturated rings. The van der Waals surface area contributed by atoms with E-state index in [2.05, 4.69) is 19.2 Å². The lowest BCUT2D eigenvalue weighted by atomic mass is 9.94. The van der Waals surface area contributed by atoms with Gasteiger partial charge in [-0.05, 0) is 74.1 Å². The number of piperidine rings is 1. The monoisotopic (exact) mass is 478 g/mol. The van der Waals surface area contributed by atoms with Crippen LogP contribution < -0.4 is 5.32 Å². The first-order chi connectivity index (χ1) is 15.1. The highest BCUT2D eigenvalue weighted by Crippen LogP contribution is 2.34. The van der Waals surface area contributed by atoms with Crippen molar-refractivity contribution < 1.29 is 17.6 Å². The Morgan fingerprint density at radius 3 is 2.38 bits per heavy atom. The van der Waals surface area contributed by atoms with Gasteiger partial charge in [0.1, 0.15) is 5.82 Å². The van der Waals surface area contributed by atoms with Gasteiger partial charge in [0.05, 0.1) is 10.5 Å². The fourth-order valence-electron chi connectivity index (χ4n) is 3.92. The molecule has 2 aromatic carbocycles. The van der Waals surface area contributed by atoms with Crippen molar-refractivity contribution in [2.24, 2.45) is 11.8 Å². The van der Waals surface area contributed by atoms with E-state index in [1.165, 1.54) is 34.3 Å². The average Bonchev–Trinajstić information content (AvgIpc) is 2.74. The number of sulfonamides is 1. The normalized spacial score (nSPS) is 20.7. The molecule has 1 N–H and O–H groups in total. The third-order valence-electron chi connectivity index (χ3n) is 5.70. The van der Waals surface area contributed by atoms with Crippen LogP contribution in [0.5, 0.6) is 0 Å². The Labute approximate surface area is 194 Å². The summed E-state index contributed by atoms with van der Waals surface area (Å²) in [5.41, 5.74) is 0.304. The lowest BCUT2D eigenvalue weighted by molar-refractivity contribution is 0.0936. The summed E-state index contributed by atoms with van der Waals surface area (Å²) >= 11 is 1.31. The molecule has 1 aliphatic heterocycles. The number of carbonyl (C=O) groups is 1. The van der Waals surface area contributed by atoms with E-state index in [1.54, 1.807) is 24.3 Å². The molecule has 1 amide bonds. The van der Waals surface area contributed by atoms with E-state index in [0.29, 0.717) is 23.5 Å². The summed E-state index contributed by atoms with van der Waals surface area (Å²) in [7, 11) is -3.72. The van der Waals surface area contributed by atoms with Crippen molar-refractivity contribution in [1.29, 1.82) is 0 Å². The third kappa shape index (κ3) is 5.91. The van der Waals surface area contributed by atoms with Crippen molar-refractivity contribution in [1.82, 2.24) is 9.62 Å². The zero-order chi connectivity index (χ0) is 23.5. The molecule has 3 unspecified atom stereocenters. The highest BCUT2D eigenvalue weighted by Gasteiger charge is 2.32. The number of hydrogen-bond donors (Lipinski definition) is 1. The summed E-state index contributed by atoms with van der Waals surface area (Å²) in [5.74, 6) is -0.0816. The molecule has 0 saturated carbocycles. The molecular formula is C24H31FN2O3S2. The van der Waals surface area contributed by atoms with Crippen LogP contribution in [0, 0.1) is 17.7 Å². The summed E-state index contributed by atoms with van der Waals surface area (Å²) in [6.45, 7) is 8.96. The van der Waals surface area contributed by atoms with Crippen LogP contribution in [0.1, 0.15) is 50.9 Å². The van der Waals surface area contributed by atoms with Gasteiger partial charge in [0, 0.05) is 28.9 Å². The van der Waals surface area contributed by atoms with Gasteiger partial charge in [0.15, 0.2) is 0 Å². The molecule has 0 radical (unpaired) electrons. The first-order valence-electron chi connectivity index (χ1n) is 11.0. The van der Waals surface area contributed by atoms with Crippen LogP contribution in [0.15, 0.2) is 57.2 Å². The maximum absolute atomic E-state index is 13.4. The van der Waals surface area contributed by atoms with Gasteiger partial charge in [-0.2, -0.15) is 4.31 Å². The van der Waals surface area contributed by atoms with E-state index >= 15 is 0 Å². The number of benzene rings is 2. The lowest BCUT2D eigenvalue weighted by Crippen LogP contribution is -2.42. The Balaban J connectivity index is 1.98. The number of hydrogen-bond acceptors (Lipinski definition) is 4. The minimum Gasteiger partial charge on any atom is -0.350 e. The lowest BCUT2D eigenvalue weighted by Gasteiger charge is -2.34. The number of nitrogens with zero attached hydrogens (tertiary/aromatic N) is 1. The van der Waals surface area contributed by atoms with Crippen LogP contribution in [-0.2, 0) is 10.0 Å². The average molecular weight is 479 g/mol. The van der Waals surface area contributed by atoms with Gasteiger partial charge < -0.3 is 5.32 Å². The van der Waals surface area contributed by atoms with Crippen LogP contribution >= 0.6 is 11.8 Å². The highest BCUT2D eigenvalue weighted by molar-refractivity contribution is 7.99. The third-order valence-corrected chi connectivity index (χ3v) is 8.61. The van der Waals surface area contributed by atoms with Crippen molar-refractivity contribution in [2.75, 3.05) is 13.1 Å². The van der Waals surface area contributed by atoms with Gasteiger partial charge in [-0.15, -0.1) is 0 Å². The van der Waals surface area contributed by atoms with Gasteiger partial charge in [0.25, 0.3) is 5.91 Å². The van der Waals surface area contributed by atoms with E-state index in [0.717, 1.165) is 17.7 Å². The second kappa shape index (κ2) is 10.4. The SMILES string of the molecule is CCC(C)NC(=O)c1cc(S(=O)(=O)N2CC(C)CC(C)C2)ccc1Sc1ccc(F)cc1. The largest absolute Gasteiger partial charge is 0.350 e. The fourth-order valence-corrected chi connectivity index (χ4v) is 6.55. The van der Waals surface area contributed by atoms with Gasteiger partial charge in [0.2, 0.25) is 10.0 Å². The van der Waals surface area contributed by atoms with Crippen molar-refractivity contribution in [3.63, 3.8) is 0 Å². The van der Waals surface area contributed by atoms with Crippen molar-refractivity contribution in [2.45, 2.75) is 61.3 Å². The topological polar surface area (TPSA) is 66.5 Å². The zero-order valence-electron chi connectivity index (χ0n) is 19.0. The Kier molecular flexibility index (Phi) is 8.01. The number of amides is 1. The second-order valence-corrected chi connectivity index (χ2v) is 11.8. The molecule has 1 saturated heterocycles. The Bertz CT molecular complexity index is 1050. The maximum atomic E-state index is 13.4. The van der Waals surface area contributed by atoms with Crippen LogP contribution in [0.25, 0.3) is 0 Å². The number of rotatable bonds is 7. The molecule has 5 nitrogen and oxygen atoms in total. The van der Waals surface area contributed by atoms with Crippen molar-refractivity contribution in [3.8, 4) is 0 Å². The molecule has 8 heteroatoms. The molecular weight excluding hydrogens is 447 g/mol. The molecule has 0 aromatic heterocycles. The predicted octanol–water partition coefficient (Wildman–Crippen LogP) is 5.17. The predicted molar refractivity (Wildman–Crippen MR) is 126 cm³/mol. The van der Waals surface area contributed by atoms with Crippen molar-refractivity contribution in [3.05, 3.63) is 53.8 Å². The number of halogens is 1. The van der Waals surface area contributed by atoms with E-state index in [1.807, 2.05) is 13.8 Å². The van der Waals surface area contributed by atoms with E-state index < -0.39 is 10.0 Å². The number of nitrogens with one attached hydrogen (secondary N) is 1. The van der Waals surface area contributed by atoms with Gasteiger partial charge in [-0.1, -0.05) is 32.5 Å². The van der Waals surface area contributed by atoms with E-state index in [9.17, 15) is 17.6 Å². The molecule has 3 rings (SSSR count).